The molecule has 0 aliphatic rings. The SMILES string of the molecule is CCCN(C)S(=O)(=O)c1ccc2c(c1)nnn2Sc1ccccc1. The molecular formula is C16H18N4O2S2. The van der Waals surface area contributed by atoms with Crippen molar-refractivity contribution in [3.05, 3.63) is 48.5 Å². The second kappa shape index (κ2) is 6.92. The average molecular weight is 362 g/mol. The van der Waals surface area contributed by atoms with Gasteiger partial charge in [0.05, 0.1) is 4.90 Å². The van der Waals surface area contributed by atoms with E-state index in [9.17, 15) is 8.42 Å². The molecule has 0 saturated heterocycles. The number of hydrogen-bond donors (Lipinski definition) is 0. The van der Waals surface area contributed by atoms with Crippen LogP contribution in [0.4, 0.5) is 0 Å². The standard InChI is InChI=1S/C16H18N4O2S2/c1-3-11-19(2)24(21,22)14-9-10-16-15(12-14)17-18-20(16)23-13-7-5-4-6-8-13/h4-10,12H,3,11H2,1-2H3. The fraction of sp³-hybridized carbons (Fsp3) is 0.250. The summed E-state index contributed by atoms with van der Waals surface area (Å²) < 4.78 is 28.1. The van der Waals surface area contributed by atoms with Crippen LogP contribution in [0.3, 0.4) is 0 Å². The van der Waals surface area contributed by atoms with Crippen molar-refractivity contribution in [2.75, 3.05) is 13.6 Å². The summed E-state index contributed by atoms with van der Waals surface area (Å²) in [4.78, 5) is 1.27. The van der Waals surface area contributed by atoms with E-state index in [0.29, 0.717) is 12.1 Å². The molecule has 0 fully saturated rings. The van der Waals surface area contributed by atoms with Crippen LogP contribution in [0.5, 0.6) is 0 Å². The Bertz CT molecular complexity index is 939. The summed E-state index contributed by atoms with van der Waals surface area (Å²) in [7, 11) is -1.90. The largest absolute Gasteiger partial charge is 0.242 e. The summed E-state index contributed by atoms with van der Waals surface area (Å²) >= 11 is 1.43. The maximum absolute atomic E-state index is 12.5. The molecule has 1 heterocycles. The lowest BCUT2D eigenvalue weighted by atomic mass is 10.3. The van der Waals surface area contributed by atoms with Crippen LogP contribution in [0.2, 0.25) is 0 Å². The minimum Gasteiger partial charge on any atom is -0.207 e. The number of aromatic nitrogens is 3. The van der Waals surface area contributed by atoms with Crippen LogP contribution in [0, 0.1) is 0 Å². The Labute approximate surface area is 145 Å². The molecule has 3 rings (SSSR count). The Morgan fingerprint density at radius 3 is 2.62 bits per heavy atom. The molecule has 0 saturated carbocycles. The molecule has 0 bridgehead atoms. The first-order chi connectivity index (χ1) is 11.5. The van der Waals surface area contributed by atoms with Gasteiger partial charge in [0.25, 0.3) is 0 Å². The summed E-state index contributed by atoms with van der Waals surface area (Å²) in [5.74, 6) is 0. The van der Waals surface area contributed by atoms with Crippen molar-refractivity contribution in [1.82, 2.24) is 18.7 Å². The number of nitrogens with zero attached hydrogens (tertiary/aromatic N) is 4. The summed E-state index contributed by atoms with van der Waals surface area (Å²) in [5, 5.41) is 8.22. The van der Waals surface area contributed by atoms with Crippen molar-refractivity contribution in [2.45, 2.75) is 23.1 Å². The van der Waals surface area contributed by atoms with E-state index in [1.165, 1.54) is 16.3 Å². The third kappa shape index (κ3) is 3.31. The van der Waals surface area contributed by atoms with Crippen molar-refractivity contribution >= 4 is 33.0 Å². The molecule has 3 aromatic rings. The van der Waals surface area contributed by atoms with Crippen LogP contribution in [-0.2, 0) is 10.0 Å². The number of sulfonamides is 1. The normalized spacial score (nSPS) is 12.1. The summed E-state index contributed by atoms with van der Waals surface area (Å²) in [5.41, 5.74) is 1.34. The monoisotopic (exact) mass is 362 g/mol. The van der Waals surface area contributed by atoms with Gasteiger partial charge in [0.15, 0.2) is 0 Å². The van der Waals surface area contributed by atoms with E-state index < -0.39 is 10.0 Å². The number of fused-ring (bicyclic) bond motifs is 1. The van der Waals surface area contributed by atoms with Crippen LogP contribution in [0.1, 0.15) is 13.3 Å². The molecule has 0 spiro atoms. The molecule has 24 heavy (non-hydrogen) atoms. The van der Waals surface area contributed by atoms with Gasteiger partial charge in [-0.2, -0.15) is 4.09 Å². The maximum atomic E-state index is 12.5. The zero-order valence-electron chi connectivity index (χ0n) is 13.5. The van der Waals surface area contributed by atoms with Gasteiger partial charge in [-0.3, -0.25) is 0 Å². The second-order valence-electron chi connectivity index (χ2n) is 5.34. The summed E-state index contributed by atoms with van der Waals surface area (Å²) in [6, 6.07) is 14.8. The first-order valence-corrected chi connectivity index (χ1v) is 9.79. The maximum Gasteiger partial charge on any atom is 0.242 e. The molecule has 0 N–H and O–H groups in total. The first-order valence-electron chi connectivity index (χ1n) is 7.57. The minimum atomic E-state index is -3.49. The Morgan fingerprint density at radius 2 is 1.92 bits per heavy atom. The quantitative estimate of drug-likeness (QED) is 0.674. The van der Waals surface area contributed by atoms with Crippen LogP contribution in [0.25, 0.3) is 11.0 Å². The fourth-order valence-corrected chi connectivity index (χ4v) is 4.39. The zero-order valence-corrected chi connectivity index (χ0v) is 15.1. The van der Waals surface area contributed by atoms with E-state index in [2.05, 4.69) is 10.3 Å². The van der Waals surface area contributed by atoms with Gasteiger partial charge >= 0.3 is 0 Å². The Balaban J connectivity index is 1.94. The molecule has 0 aliphatic carbocycles. The van der Waals surface area contributed by atoms with Crippen LogP contribution < -0.4 is 0 Å². The zero-order chi connectivity index (χ0) is 17.2. The molecule has 1 aromatic heterocycles. The Hall–Kier alpha value is -1.90. The van der Waals surface area contributed by atoms with E-state index in [1.54, 1.807) is 29.3 Å². The van der Waals surface area contributed by atoms with Crippen LogP contribution in [0.15, 0.2) is 58.3 Å². The molecular weight excluding hydrogens is 344 g/mol. The van der Waals surface area contributed by atoms with Gasteiger partial charge in [-0.25, -0.2) is 12.7 Å². The van der Waals surface area contributed by atoms with Crippen molar-refractivity contribution in [3.63, 3.8) is 0 Å². The lowest BCUT2D eigenvalue weighted by Crippen LogP contribution is -2.27. The van der Waals surface area contributed by atoms with Gasteiger partial charge in [0.1, 0.15) is 11.0 Å². The average Bonchev–Trinajstić information content (AvgIpc) is 2.98. The number of rotatable bonds is 6. The van der Waals surface area contributed by atoms with Gasteiger partial charge < -0.3 is 0 Å². The molecule has 0 amide bonds. The second-order valence-corrected chi connectivity index (χ2v) is 8.39. The van der Waals surface area contributed by atoms with E-state index in [1.807, 2.05) is 37.3 Å². The predicted octanol–water partition coefficient (Wildman–Crippen LogP) is 3.02. The van der Waals surface area contributed by atoms with Gasteiger partial charge in [-0.05, 0) is 36.8 Å². The molecule has 0 unspecified atom stereocenters. The lowest BCUT2D eigenvalue weighted by Gasteiger charge is -2.16. The van der Waals surface area contributed by atoms with E-state index >= 15 is 0 Å². The molecule has 0 radical (unpaired) electrons. The fourth-order valence-electron chi connectivity index (χ4n) is 2.31. The third-order valence-corrected chi connectivity index (χ3v) is 6.35. The third-order valence-electron chi connectivity index (χ3n) is 3.57. The van der Waals surface area contributed by atoms with Gasteiger partial charge in [-0.15, -0.1) is 5.10 Å². The van der Waals surface area contributed by atoms with E-state index in [4.69, 9.17) is 0 Å². The van der Waals surface area contributed by atoms with Crippen molar-refractivity contribution in [3.8, 4) is 0 Å². The van der Waals surface area contributed by atoms with E-state index in [0.717, 1.165) is 16.8 Å². The topological polar surface area (TPSA) is 68.1 Å². The summed E-state index contributed by atoms with van der Waals surface area (Å²) in [6.07, 6.45) is 0.766. The molecule has 2 aromatic carbocycles. The lowest BCUT2D eigenvalue weighted by molar-refractivity contribution is 0.468. The predicted molar refractivity (Wildman–Crippen MR) is 95.3 cm³/mol. The highest BCUT2D eigenvalue weighted by molar-refractivity contribution is 7.98. The first kappa shape index (κ1) is 16.9. The Kier molecular flexibility index (Phi) is 4.88. The Morgan fingerprint density at radius 1 is 1.17 bits per heavy atom. The highest BCUT2D eigenvalue weighted by atomic mass is 32.2. The molecule has 0 atom stereocenters. The highest BCUT2D eigenvalue weighted by Crippen LogP contribution is 2.25. The van der Waals surface area contributed by atoms with Crippen molar-refractivity contribution in [1.29, 1.82) is 0 Å². The van der Waals surface area contributed by atoms with Gasteiger partial charge in [0.2, 0.25) is 10.0 Å². The van der Waals surface area contributed by atoms with Crippen LogP contribution >= 0.6 is 11.9 Å². The van der Waals surface area contributed by atoms with Gasteiger partial charge in [-0.1, -0.05) is 30.3 Å². The number of hydrogen-bond acceptors (Lipinski definition) is 5. The molecule has 126 valence electrons. The molecule has 0 aliphatic heterocycles. The molecule has 6 nitrogen and oxygen atoms in total. The number of benzene rings is 2. The van der Waals surface area contributed by atoms with Crippen molar-refractivity contribution in [2.24, 2.45) is 0 Å². The van der Waals surface area contributed by atoms with Crippen molar-refractivity contribution < 1.29 is 8.42 Å². The highest BCUT2D eigenvalue weighted by Gasteiger charge is 2.21. The van der Waals surface area contributed by atoms with E-state index in [-0.39, 0.29) is 4.90 Å². The molecule has 8 heteroatoms. The minimum absolute atomic E-state index is 0.239. The summed E-state index contributed by atoms with van der Waals surface area (Å²) in [6.45, 7) is 2.43. The smallest absolute Gasteiger partial charge is 0.207 e. The van der Waals surface area contributed by atoms with Crippen LogP contribution in [-0.4, -0.2) is 40.7 Å². The van der Waals surface area contributed by atoms with Gasteiger partial charge in [0, 0.05) is 30.4 Å².